The summed E-state index contributed by atoms with van der Waals surface area (Å²) >= 11 is 0. The molecule has 2 nitrogen and oxygen atoms in total. The number of alkyl halides is 1. The van der Waals surface area contributed by atoms with Crippen LogP contribution in [0.15, 0.2) is 46.9 Å². The van der Waals surface area contributed by atoms with Crippen LogP contribution in [0.5, 0.6) is 0 Å². The average molecular weight is 281 g/mol. The number of anilines is 1. The predicted molar refractivity (Wildman–Crippen MR) is 82.5 cm³/mol. The standard InChI is InChI=1S/C18H16FNO/c1-11-5-6-15-13(9-11)10-16(21-15)17(19)14-4-2-3-12-7-8-20-18(12)14/h2-6,9-10,17,20H,7-8H2,1H3. The Morgan fingerprint density at radius 1 is 1.19 bits per heavy atom. The number of halogens is 1. The van der Waals surface area contributed by atoms with E-state index < -0.39 is 6.17 Å². The summed E-state index contributed by atoms with van der Waals surface area (Å²) in [6.07, 6.45) is -0.284. The molecule has 0 amide bonds. The van der Waals surface area contributed by atoms with Crippen LogP contribution in [-0.4, -0.2) is 6.54 Å². The Bertz CT molecular complexity index is 821. The molecule has 2 aromatic carbocycles. The predicted octanol–water partition coefficient (Wildman–Crippen LogP) is 4.77. The molecule has 3 heteroatoms. The van der Waals surface area contributed by atoms with E-state index in [4.69, 9.17) is 4.42 Å². The summed E-state index contributed by atoms with van der Waals surface area (Å²) in [5.41, 5.74) is 4.66. The van der Waals surface area contributed by atoms with E-state index >= 15 is 0 Å². The summed E-state index contributed by atoms with van der Waals surface area (Å²) in [7, 11) is 0. The molecule has 106 valence electrons. The van der Waals surface area contributed by atoms with Gasteiger partial charge in [0.1, 0.15) is 11.3 Å². The first kappa shape index (κ1) is 12.5. The van der Waals surface area contributed by atoms with Crippen LogP contribution in [0.4, 0.5) is 10.1 Å². The molecule has 0 saturated carbocycles. The molecule has 0 saturated heterocycles. The molecule has 0 spiro atoms. The fourth-order valence-electron chi connectivity index (χ4n) is 3.04. The van der Waals surface area contributed by atoms with Crippen molar-refractivity contribution in [2.45, 2.75) is 19.5 Å². The molecule has 0 aliphatic carbocycles. The van der Waals surface area contributed by atoms with Crippen LogP contribution < -0.4 is 5.32 Å². The molecule has 2 heterocycles. The van der Waals surface area contributed by atoms with Crippen molar-refractivity contribution >= 4 is 16.7 Å². The van der Waals surface area contributed by atoms with E-state index in [1.54, 1.807) is 6.07 Å². The molecule has 0 fully saturated rings. The molecule has 0 radical (unpaired) electrons. The fraction of sp³-hybridized carbons (Fsp3) is 0.222. The maximum atomic E-state index is 14.9. The first-order valence-electron chi connectivity index (χ1n) is 7.22. The number of nitrogens with one attached hydrogen (secondary N) is 1. The van der Waals surface area contributed by atoms with E-state index in [1.165, 1.54) is 5.56 Å². The second kappa shape index (κ2) is 4.62. The van der Waals surface area contributed by atoms with Gasteiger partial charge >= 0.3 is 0 Å². The van der Waals surface area contributed by atoms with Crippen LogP contribution >= 0.6 is 0 Å². The van der Waals surface area contributed by atoms with Gasteiger partial charge in [-0.25, -0.2) is 4.39 Å². The third kappa shape index (κ3) is 2.00. The first-order valence-corrected chi connectivity index (χ1v) is 7.22. The Morgan fingerprint density at radius 2 is 2.10 bits per heavy atom. The fourth-order valence-corrected chi connectivity index (χ4v) is 3.04. The van der Waals surface area contributed by atoms with Gasteiger partial charge in [-0.3, -0.25) is 0 Å². The molecule has 1 aliphatic rings. The molecule has 1 atom stereocenters. The van der Waals surface area contributed by atoms with Crippen LogP contribution in [-0.2, 0) is 6.42 Å². The minimum absolute atomic E-state index is 0.373. The van der Waals surface area contributed by atoms with Crippen molar-refractivity contribution in [3.05, 3.63) is 64.9 Å². The zero-order valence-corrected chi connectivity index (χ0v) is 11.8. The van der Waals surface area contributed by atoms with E-state index in [0.717, 1.165) is 35.2 Å². The van der Waals surface area contributed by atoms with E-state index in [-0.39, 0.29) is 0 Å². The molecule has 1 aromatic heterocycles. The number of para-hydroxylation sites is 1. The highest BCUT2D eigenvalue weighted by Gasteiger charge is 2.24. The SMILES string of the molecule is Cc1ccc2oc(C(F)c3cccc4c3NCC4)cc2c1. The summed E-state index contributed by atoms with van der Waals surface area (Å²) in [6.45, 7) is 2.89. The smallest absolute Gasteiger partial charge is 0.185 e. The van der Waals surface area contributed by atoms with Gasteiger partial charge in [-0.05, 0) is 37.1 Å². The summed E-state index contributed by atoms with van der Waals surface area (Å²) < 4.78 is 20.6. The Balaban J connectivity index is 1.79. The summed E-state index contributed by atoms with van der Waals surface area (Å²) in [5.74, 6) is 0.373. The third-order valence-electron chi connectivity index (χ3n) is 4.09. The third-order valence-corrected chi connectivity index (χ3v) is 4.09. The minimum Gasteiger partial charge on any atom is -0.458 e. The van der Waals surface area contributed by atoms with Crippen LogP contribution in [0.1, 0.15) is 28.6 Å². The van der Waals surface area contributed by atoms with Crippen molar-refractivity contribution in [1.29, 1.82) is 0 Å². The maximum absolute atomic E-state index is 14.9. The van der Waals surface area contributed by atoms with Crippen LogP contribution in [0, 0.1) is 6.92 Å². The quantitative estimate of drug-likeness (QED) is 0.732. The molecule has 3 aromatic rings. The van der Waals surface area contributed by atoms with Crippen molar-refractivity contribution in [1.82, 2.24) is 0 Å². The molecular formula is C18H16FNO. The van der Waals surface area contributed by atoms with Gasteiger partial charge in [0.05, 0.1) is 0 Å². The molecule has 1 N–H and O–H groups in total. The number of hydrogen-bond acceptors (Lipinski definition) is 2. The minimum atomic E-state index is -1.24. The van der Waals surface area contributed by atoms with Crippen molar-refractivity contribution in [2.75, 3.05) is 11.9 Å². The lowest BCUT2D eigenvalue weighted by atomic mass is 10.0. The lowest BCUT2D eigenvalue weighted by Gasteiger charge is -2.11. The van der Waals surface area contributed by atoms with Crippen LogP contribution in [0.25, 0.3) is 11.0 Å². The van der Waals surface area contributed by atoms with Crippen molar-refractivity contribution in [3.63, 3.8) is 0 Å². The zero-order valence-electron chi connectivity index (χ0n) is 11.8. The lowest BCUT2D eigenvalue weighted by Crippen LogP contribution is -1.99. The maximum Gasteiger partial charge on any atom is 0.185 e. The van der Waals surface area contributed by atoms with Gasteiger partial charge in [-0.15, -0.1) is 0 Å². The number of benzene rings is 2. The number of hydrogen-bond donors (Lipinski definition) is 1. The molecule has 1 aliphatic heterocycles. The van der Waals surface area contributed by atoms with Gasteiger partial charge in [-0.2, -0.15) is 0 Å². The van der Waals surface area contributed by atoms with Gasteiger partial charge in [0.2, 0.25) is 0 Å². The van der Waals surface area contributed by atoms with E-state index in [2.05, 4.69) is 5.32 Å². The molecular weight excluding hydrogens is 265 g/mol. The topological polar surface area (TPSA) is 25.2 Å². The number of aryl methyl sites for hydroxylation is 1. The highest BCUT2D eigenvalue weighted by atomic mass is 19.1. The Hall–Kier alpha value is -2.29. The van der Waals surface area contributed by atoms with Gasteiger partial charge in [0.25, 0.3) is 0 Å². The zero-order chi connectivity index (χ0) is 14.4. The van der Waals surface area contributed by atoms with Crippen molar-refractivity contribution in [3.8, 4) is 0 Å². The van der Waals surface area contributed by atoms with Crippen molar-refractivity contribution < 1.29 is 8.81 Å². The van der Waals surface area contributed by atoms with Crippen molar-refractivity contribution in [2.24, 2.45) is 0 Å². The molecule has 0 bridgehead atoms. The largest absolute Gasteiger partial charge is 0.458 e. The van der Waals surface area contributed by atoms with E-state index in [9.17, 15) is 4.39 Å². The molecule has 21 heavy (non-hydrogen) atoms. The second-order valence-electron chi connectivity index (χ2n) is 5.61. The van der Waals surface area contributed by atoms with Crippen LogP contribution in [0.3, 0.4) is 0 Å². The summed E-state index contributed by atoms with van der Waals surface area (Å²) in [6, 6.07) is 13.5. The average Bonchev–Trinajstić information content (AvgIpc) is 3.11. The lowest BCUT2D eigenvalue weighted by molar-refractivity contribution is 0.341. The van der Waals surface area contributed by atoms with Crippen LogP contribution in [0.2, 0.25) is 0 Å². The highest BCUT2D eigenvalue weighted by Crippen LogP contribution is 2.38. The summed E-state index contributed by atoms with van der Waals surface area (Å²) in [5, 5.41) is 4.23. The summed E-state index contributed by atoms with van der Waals surface area (Å²) in [4.78, 5) is 0. The van der Waals surface area contributed by atoms with Gasteiger partial charge in [0.15, 0.2) is 6.17 Å². The number of furan rings is 1. The molecule has 4 rings (SSSR count). The number of rotatable bonds is 2. The first-order chi connectivity index (χ1) is 10.2. The van der Waals surface area contributed by atoms with Gasteiger partial charge in [0, 0.05) is 23.2 Å². The highest BCUT2D eigenvalue weighted by molar-refractivity contribution is 5.79. The van der Waals surface area contributed by atoms with E-state index in [0.29, 0.717) is 11.3 Å². The Kier molecular flexibility index (Phi) is 2.74. The van der Waals surface area contributed by atoms with E-state index in [1.807, 2.05) is 43.3 Å². The second-order valence-corrected chi connectivity index (χ2v) is 5.61. The Labute approximate surface area is 122 Å². The van der Waals surface area contributed by atoms with Gasteiger partial charge in [-0.1, -0.05) is 29.8 Å². The normalized spacial score (nSPS) is 15.0. The molecule has 1 unspecified atom stereocenters. The number of fused-ring (bicyclic) bond motifs is 2. The Morgan fingerprint density at radius 3 is 3.00 bits per heavy atom. The monoisotopic (exact) mass is 281 g/mol. The van der Waals surface area contributed by atoms with Gasteiger partial charge < -0.3 is 9.73 Å².